The third kappa shape index (κ3) is 4.77. The lowest BCUT2D eigenvalue weighted by molar-refractivity contribution is -0.137. The second-order valence-corrected chi connectivity index (χ2v) is 7.79. The summed E-state index contributed by atoms with van der Waals surface area (Å²) in [6.45, 7) is 0.274. The predicted octanol–water partition coefficient (Wildman–Crippen LogP) is 4.02. The average molecular weight is 506 g/mol. The first-order chi connectivity index (χ1) is 15.3. The van der Waals surface area contributed by atoms with Gasteiger partial charge in [-0.25, -0.2) is 14.0 Å². The summed E-state index contributed by atoms with van der Waals surface area (Å²) in [7, 11) is 3.88. The second kappa shape index (κ2) is 9.86. The highest BCUT2D eigenvalue weighted by Gasteiger charge is 2.36. The first-order valence-electron chi connectivity index (χ1n) is 9.45. The van der Waals surface area contributed by atoms with Crippen molar-refractivity contribution < 1.29 is 33.3 Å². The highest BCUT2D eigenvalue weighted by atomic mass is 79.9. The lowest BCUT2D eigenvalue weighted by atomic mass is 9.83. The number of carbonyl (C=O) groups excluding carboxylic acids is 2. The van der Waals surface area contributed by atoms with E-state index in [-0.39, 0.29) is 35.0 Å². The van der Waals surface area contributed by atoms with Crippen LogP contribution in [0.25, 0.3) is 0 Å². The quantitative estimate of drug-likeness (QED) is 0.593. The first kappa shape index (κ1) is 23.3. The van der Waals surface area contributed by atoms with Gasteiger partial charge in [0.25, 0.3) is 0 Å². The lowest BCUT2D eigenvalue weighted by Gasteiger charge is -2.30. The molecule has 3 rings (SSSR count). The Morgan fingerprint density at radius 3 is 2.09 bits per heavy atom. The van der Waals surface area contributed by atoms with Gasteiger partial charge in [-0.1, -0.05) is 12.1 Å². The summed E-state index contributed by atoms with van der Waals surface area (Å²) in [5, 5.41) is 10.2. The number of halogens is 2. The van der Waals surface area contributed by atoms with Crippen LogP contribution in [0.5, 0.6) is 11.5 Å². The summed E-state index contributed by atoms with van der Waals surface area (Å²) in [6, 6.07) is 9.01. The third-order valence-corrected chi connectivity index (χ3v) is 5.56. The predicted molar refractivity (Wildman–Crippen MR) is 117 cm³/mol. The minimum atomic E-state index is -0.842. The lowest BCUT2D eigenvalue weighted by Crippen LogP contribution is -2.28. The maximum atomic E-state index is 13.3. The molecule has 0 unspecified atom stereocenters. The number of rotatable bonds is 6. The number of methoxy groups -OCH3 is 3. The van der Waals surface area contributed by atoms with Crippen molar-refractivity contribution in [2.75, 3.05) is 21.3 Å². The van der Waals surface area contributed by atoms with Gasteiger partial charge in [0.2, 0.25) is 0 Å². The zero-order valence-corrected chi connectivity index (χ0v) is 19.2. The molecule has 0 saturated heterocycles. The van der Waals surface area contributed by atoms with Crippen molar-refractivity contribution in [3.8, 4) is 11.5 Å². The van der Waals surface area contributed by atoms with Gasteiger partial charge in [0, 0.05) is 18.9 Å². The molecule has 0 fully saturated rings. The molecule has 0 atom stereocenters. The number of aromatic hydroxyl groups is 1. The van der Waals surface area contributed by atoms with Gasteiger partial charge < -0.3 is 24.2 Å². The first-order valence-corrected chi connectivity index (χ1v) is 10.2. The van der Waals surface area contributed by atoms with E-state index in [1.807, 2.05) is 0 Å². The molecule has 2 aromatic carbocycles. The Morgan fingerprint density at radius 1 is 1.03 bits per heavy atom. The van der Waals surface area contributed by atoms with Gasteiger partial charge in [-0.2, -0.15) is 0 Å². The summed E-state index contributed by atoms with van der Waals surface area (Å²) in [6.07, 6.45) is 3.14. The van der Waals surface area contributed by atoms with Crippen LogP contribution in [0.2, 0.25) is 0 Å². The Kier molecular flexibility index (Phi) is 7.19. The van der Waals surface area contributed by atoms with Gasteiger partial charge in [0.05, 0.1) is 42.9 Å². The minimum Gasteiger partial charge on any atom is -0.503 e. The highest BCUT2D eigenvalue weighted by molar-refractivity contribution is 9.10. The normalized spacial score (nSPS) is 13.8. The van der Waals surface area contributed by atoms with E-state index in [2.05, 4.69) is 15.9 Å². The molecule has 168 valence electrons. The Labute approximate surface area is 192 Å². The van der Waals surface area contributed by atoms with Crippen molar-refractivity contribution in [1.82, 2.24) is 4.90 Å². The van der Waals surface area contributed by atoms with Crippen LogP contribution in [-0.4, -0.2) is 43.3 Å². The number of carbonyl (C=O) groups is 2. The van der Waals surface area contributed by atoms with Crippen molar-refractivity contribution in [1.29, 1.82) is 0 Å². The van der Waals surface area contributed by atoms with Gasteiger partial charge in [0.1, 0.15) is 5.82 Å². The summed E-state index contributed by atoms with van der Waals surface area (Å²) >= 11 is 3.27. The van der Waals surface area contributed by atoms with Crippen LogP contribution in [0.1, 0.15) is 17.0 Å². The second-order valence-electron chi connectivity index (χ2n) is 6.94. The molecule has 0 bridgehead atoms. The number of hydrogen-bond acceptors (Lipinski definition) is 7. The van der Waals surface area contributed by atoms with E-state index in [9.17, 15) is 19.1 Å². The fraction of sp³-hybridized carbons (Fsp3) is 0.217. The fourth-order valence-corrected chi connectivity index (χ4v) is 3.91. The van der Waals surface area contributed by atoms with Crippen molar-refractivity contribution in [3.05, 3.63) is 81.4 Å². The standard InChI is InChI=1S/C23H21BrFNO6/c1-30-19-9-14(8-18(24)21(19)27)20-16(22(28)31-2)11-26(12-17(20)23(29)32-3)10-13-4-6-15(25)7-5-13/h4-9,11-12,20,27H,10H2,1-3H3. The molecular weight excluding hydrogens is 485 g/mol. The van der Waals surface area contributed by atoms with Crippen molar-refractivity contribution in [2.24, 2.45) is 0 Å². The number of benzene rings is 2. The van der Waals surface area contributed by atoms with Crippen LogP contribution >= 0.6 is 15.9 Å². The SMILES string of the molecule is COC(=O)C1=CN(Cc2ccc(F)cc2)C=C(C(=O)OC)C1c1cc(Br)c(O)c(OC)c1. The monoisotopic (exact) mass is 505 g/mol. The zero-order valence-electron chi connectivity index (χ0n) is 17.6. The number of nitrogens with zero attached hydrogens (tertiary/aromatic N) is 1. The molecule has 0 saturated carbocycles. The minimum absolute atomic E-state index is 0.114. The molecule has 0 aliphatic carbocycles. The van der Waals surface area contributed by atoms with Gasteiger partial charge in [0.15, 0.2) is 11.5 Å². The molecule has 9 heteroatoms. The molecular formula is C23H21BrFNO6. The van der Waals surface area contributed by atoms with E-state index in [4.69, 9.17) is 14.2 Å². The van der Waals surface area contributed by atoms with Crippen LogP contribution in [0.4, 0.5) is 4.39 Å². The number of esters is 2. The maximum Gasteiger partial charge on any atom is 0.336 e. The van der Waals surface area contributed by atoms with E-state index in [0.717, 1.165) is 5.56 Å². The summed E-state index contributed by atoms with van der Waals surface area (Å²) < 4.78 is 28.8. The number of ether oxygens (including phenoxy) is 3. The number of phenolic OH excluding ortho intramolecular Hbond substituents is 1. The Balaban J connectivity index is 2.13. The molecule has 7 nitrogen and oxygen atoms in total. The maximum absolute atomic E-state index is 13.3. The van der Waals surface area contributed by atoms with E-state index < -0.39 is 17.9 Å². The highest BCUT2D eigenvalue weighted by Crippen LogP contribution is 2.43. The van der Waals surface area contributed by atoms with Gasteiger partial charge in [-0.3, -0.25) is 0 Å². The van der Waals surface area contributed by atoms with Crippen molar-refractivity contribution in [2.45, 2.75) is 12.5 Å². The molecule has 0 aromatic heterocycles. The van der Waals surface area contributed by atoms with Crippen LogP contribution in [0.15, 0.2) is 64.4 Å². The van der Waals surface area contributed by atoms with E-state index in [0.29, 0.717) is 10.0 Å². The summed E-state index contributed by atoms with van der Waals surface area (Å²) in [4.78, 5) is 27.1. The molecule has 32 heavy (non-hydrogen) atoms. The molecule has 1 aliphatic heterocycles. The Hall–Kier alpha value is -3.33. The van der Waals surface area contributed by atoms with Gasteiger partial charge in [-0.15, -0.1) is 0 Å². The molecule has 0 spiro atoms. The molecule has 1 N–H and O–H groups in total. The third-order valence-electron chi connectivity index (χ3n) is 4.96. The van der Waals surface area contributed by atoms with Crippen LogP contribution < -0.4 is 4.74 Å². The number of hydrogen-bond donors (Lipinski definition) is 1. The van der Waals surface area contributed by atoms with Crippen molar-refractivity contribution in [3.63, 3.8) is 0 Å². The average Bonchev–Trinajstić information content (AvgIpc) is 2.80. The van der Waals surface area contributed by atoms with Crippen LogP contribution in [0.3, 0.4) is 0 Å². The zero-order chi connectivity index (χ0) is 23.4. The summed E-state index contributed by atoms with van der Waals surface area (Å²) in [5.74, 6) is -2.44. The molecule has 1 aliphatic rings. The topological polar surface area (TPSA) is 85.3 Å². The van der Waals surface area contributed by atoms with Crippen LogP contribution in [-0.2, 0) is 25.6 Å². The Bertz CT molecular complexity index is 1060. The molecule has 1 heterocycles. The molecule has 2 aromatic rings. The van der Waals surface area contributed by atoms with Gasteiger partial charge in [-0.05, 0) is 51.3 Å². The Morgan fingerprint density at radius 2 is 1.59 bits per heavy atom. The van der Waals surface area contributed by atoms with E-state index in [1.54, 1.807) is 35.5 Å². The number of phenols is 1. The smallest absolute Gasteiger partial charge is 0.336 e. The van der Waals surface area contributed by atoms with E-state index >= 15 is 0 Å². The van der Waals surface area contributed by atoms with E-state index in [1.165, 1.54) is 39.5 Å². The summed E-state index contributed by atoms with van der Waals surface area (Å²) in [5.41, 5.74) is 1.62. The molecule has 0 radical (unpaired) electrons. The van der Waals surface area contributed by atoms with Crippen LogP contribution in [0, 0.1) is 5.82 Å². The fourth-order valence-electron chi connectivity index (χ4n) is 3.46. The largest absolute Gasteiger partial charge is 0.503 e. The van der Waals surface area contributed by atoms with Crippen molar-refractivity contribution >= 4 is 27.9 Å². The molecule has 0 amide bonds. The van der Waals surface area contributed by atoms with Gasteiger partial charge >= 0.3 is 11.9 Å².